The Hall–Kier alpha value is -1.90. The number of hydrogen-bond donors (Lipinski definition) is 0. The molecule has 1 aliphatic carbocycles. The van der Waals surface area contributed by atoms with Crippen molar-refractivity contribution < 1.29 is 13.5 Å². The zero-order chi connectivity index (χ0) is 24.2. The smallest absolute Gasteiger partial charge is 0.166 e. The highest BCUT2D eigenvalue weighted by Crippen LogP contribution is 2.35. The highest BCUT2D eigenvalue weighted by molar-refractivity contribution is 5.65. The van der Waals surface area contributed by atoms with Crippen LogP contribution in [0, 0.1) is 23.5 Å². The number of benzene rings is 2. The van der Waals surface area contributed by atoms with Crippen molar-refractivity contribution in [1.82, 2.24) is 0 Å². The van der Waals surface area contributed by atoms with Crippen molar-refractivity contribution in [3.05, 3.63) is 53.6 Å². The minimum absolute atomic E-state index is 0.322. The van der Waals surface area contributed by atoms with Crippen molar-refractivity contribution in [2.24, 2.45) is 11.8 Å². The normalized spacial score (nSPS) is 18.2. The molecule has 188 valence electrons. The molecule has 0 aliphatic heterocycles. The number of ether oxygens (including phenoxy) is 1. The highest BCUT2D eigenvalue weighted by Gasteiger charge is 2.22. The first-order chi connectivity index (χ1) is 16.6. The van der Waals surface area contributed by atoms with E-state index in [1.807, 2.05) is 24.3 Å². The molecular formula is C31H44F2O. The lowest BCUT2D eigenvalue weighted by Gasteiger charge is -2.28. The predicted octanol–water partition coefficient (Wildman–Crippen LogP) is 9.91. The largest absolute Gasteiger partial charge is 0.494 e. The van der Waals surface area contributed by atoms with Crippen LogP contribution >= 0.6 is 0 Å². The third-order valence-corrected chi connectivity index (χ3v) is 7.60. The molecule has 2 aromatic carbocycles. The van der Waals surface area contributed by atoms with Crippen LogP contribution in [-0.4, -0.2) is 6.61 Å². The Morgan fingerprint density at radius 3 is 2.03 bits per heavy atom. The molecule has 1 aliphatic rings. The Morgan fingerprint density at radius 1 is 0.706 bits per heavy atom. The molecule has 0 amide bonds. The lowest BCUT2D eigenvalue weighted by atomic mass is 9.77. The standard InChI is InChI=1S/C31H44F2O/c1-3-5-7-8-10-24-11-13-25(14-12-24)15-16-27-19-22-29(31(33)30(27)32)26-17-20-28(21-18-26)34-23-9-6-4-2/h17-22,24-25H,3-16,23H2,1-2H3/t24-,25-. The van der Waals surface area contributed by atoms with E-state index in [0.717, 1.165) is 37.4 Å². The van der Waals surface area contributed by atoms with Gasteiger partial charge in [0.05, 0.1) is 6.61 Å². The number of unbranched alkanes of at least 4 members (excludes halogenated alkanes) is 5. The first-order valence-corrected chi connectivity index (χ1v) is 13.8. The monoisotopic (exact) mass is 470 g/mol. The van der Waals surface area contributed by atoms with E-state index in [4.69, 9.17) is 4.74 Å². The molecule has 0 bridgehead atoms. The molecule has 34 heavy (non-hydrogen) atoms. The zero-order valence-electron chi connectivity index (χ0n) is 21.4. The fourth-order valence-electron chi connectivity index (χ4n) is 5.31. The third kappa shape index (κ3) is 8.10. The number of halogens is 2. The molecule has 1 nitrogen and oxygen atoms in total. The van der Waals surface area contributed by atoms with E-state index in [1.54, 1.807) is 12.1 Å². The van der Waals surface area contributed by atoms with E-state index < -0.39 is 11.6 Å². The summed E-state index contributed by atoms with van der Waals surface area (Å²) in [6.45, 7) is 5.11. The lowest BCUT2D eigenvalue weighted by molar-refractivity contribution is 0.248. The van der Waals surface area contributed by atoms with Gasteiger partial charge >= 0.3 is 0 Å². The maximum atomic E-state index is 14.9. The minimum atomic E-state index is -0.732. The molecule has 0 aromatic heterocycles. The highest BCUT2D eigenvalue weighted by atomic mass is 19.2. The van der Waals surface area contributed by atoms with Crippen molar-refractivity contribution in [1.29, 1.82) is 0 Å². The molecule has 0 spiro atoms. The molecule has 2 aromatic rings. The Bertz CT molecular complexity index is 837. The maximum Gasteiger partial charge on any atom is 0.166 e. The van der Waals surface area contributed by atoms with Crippen molar-refractivity contribution in [3.8, 4) is 16.9 Å². The van der Waals surface area contributed by atoms with Crippen LogP contribution in [0.1, 0.15) is 103 Å². The Morgan fingerprint density at radius 2 is 1.35 bits per heavy atom. The Kier molecular flexibility index (Phi) is 11.4. The minimum Gasteiger partial charge on any atom is -0.494 e. The van der Waals surface area contributed by atoms with E-state index in [-0.39, 0.29) is 0 Å². The van der Waals surface area contributed by atoms with Crippen LogP contribution in [0.5, 0.6) is 5.75 Å². The van der Waals surface area contributed by atoms with Gasteiger partial charge in [-0.2, -0.15) is 0 Å². The van der Waals surface area contributed by atoms with Gasteiger partial charge in [-0.25, -0.2) is 8.78 Å². The quantitative estimate of drug-likeness (QED) is 0.250. The lowest BCUT2D eigenvalue weighted by Crippen LogP contribution is -2.15. The van der Waals surface area contributed by atoms with Crippen LogP contribution in [0.15, 0.2) is 36.4 Å². The molecular weight excluding hydrogens is 426 g/mol. The average molecular weight is 471 g/mol. The van der Waals surface area contributed by atoms with Gasteiger partial charge in [0.2, 0.25) is 0 Å². The van der Waals surface area contributed by atoms with E-state index in [2.05, 4.69) is 13.8 Å². The number of hydrogen-bond acceptors (Lipinski definition) is 1. The number of rotatable bonds is 14. The van der Waals surface area contributed by atoms with Crippen molar-refractivity contribution in [3.63, 3.8) is 0 Å². The fraction of sp³-hybridized carbons (Fsp3) is 0.613. The van der Waals surface area contributed by atoms with Crippen LogP contribution in [0.25, 0.3) is 11.1 Å². The van der Waals surface area contributed by atoms with E-state index in [1.165, 1.54) is 57.8 Å². The van der Waals surface area contributed by atoms with Gasteiger partial charge < -0.3 is 4.74 Å². The molecule has 3 rings (SSSR count). The van der Waals surface area contributed by atoms with E-state index in [0.29, 0.717) is 35.6 Å². The molecule has 0 radical (unpaired) electrons. The van der Waals surface area contributed by atoms with Gasteiger partial charge in [0.1, 0.15) is 5.75 Å². The summed E-state index contributed by atoms with van der Waals surface area (Å²) in [7, 11) is 0. The molecule has 0 saturated heterocycles. The summed E-state index contributed by atoms with van der Waals surface area (Å²) in [6.07, 6.45) is 16.8. The Labute approximate surface area is 206 Å². The second-order valence-corrected chi connectivity index (χ2v) is 10.3. The summed E-state index contributed by atoms with van der Waals surface area (Å²) >= 11 is 0. The van der Waals surface area contributed by atoms with Gasteiger partial charge in [0, 0.05) is 5.56 Å². The van der Waals surface area contributed by atoms with Gasteiger partial charge in [-0.1, -0.05) is 109 Å². The first kappa shape index (κ1) is 26.7. The summed E-state index contributed by atoms with van der Waals surface area (Å²) in [6, 6.07) is 10.8. The topological polar surface area (TPSA) is 9.23 Å². The molecule has 0 unspecified atom stereocenters. The van der Waals surface area contributed by atoms with Crippen LogP contribution in [-0.2, 0) is 6.42 Å². The van der Waals surface area contributed by atoms with Gasteiger partial charge in [0.15, 0.2) is 11.6 Å². The SMILES string of the molecule is CCCCCC[C@H]1CC[C@H](CCc2ccc(-c3ccc(OCCCCC)cc3)c(F)c2F)CC1. The van der Waals surface area contributed by atoms with Crippen LogP contribution in [0.3, 0.4) is 0 Å². The summed E-state index contributed by atoms with van der Waals surface area (Å²) < 4.78 is 35.5. The molecule has 1 saturated carbocycles. The Balaban J connectivity index is 1.48. The van der Waals surface area contributed by atoms with Crippen molar-refractivity contribution in [2.75, 3.05) is 6.61 Å². The number of aryl methyl sites for hydroxylation is 1. The van der Waals surface area contributed by atoms with Gasteiger partial charge in [-0.15, -0.1) is 0 Å². The van der Waals surface area contributed by atoms with Crippen LogP contribution < -0.4 is 4.74 Å². The maximum absolute atomic E-state index is 14.9. The van der Waals surface area contributed by atoms with Crippen molar-refractivity contribution in [2.45, 2.75) is 104 Å². The van der Waals surface area contributed by atoms with Gasteiger partial charge in [-0.3, -0.25) is 0 Å². The molecule has 0 atom stereocenters. The summed E-state index contributed by atoms with van der Waals surface area (Å²) in [4.78, 5) is 0. The predicted molar refractivity (Wildman–Crippen MR) is 139 cm³/mol. The van der Waals surface area contributed by atoms with Crippen LogP contribution in [0.4, 0.5) is 8.78 Å². The summed E-state index contributed by atoms with van der Waals surface area (Å²) in [5, 5.41) is 0. The molecule has 0 heterocycles. The molecule has 0 N–H and O–H groups in total. The van der Waals surface area contributed by atoms with Crippen LogP contribution in [0.2, 0.25) is 0 Å². The average Bonchev–Trinajstić information content (AvgIpc) is 2.87. The summed E-state index contributed by atoms with van der Waals surface area (Å²) in [5.41, 5.74) is 1.52. The molecule has 3 heteroatoms. The van der Waals surface area contributed by atoms with Gasteiger partial charge in [-0.05, 0) is 54.4 Å². The zero-order valence-corrected chi connectivity index (χ0v) is 21.4. The second-order valence-electron chi connectivity index (χ2n) is 10.3. The van der Waals surface area contributed by atoms with E-state index in [9.17, 15) is 8.78 Å². The first-order valence-electron chi connectivity index (χ1n) is 13.8. The second kappa shape index (κ2) is 14.5. The van der Waals surface area contributed by atoms with E-state index >= 15 is 0 Å². The summed E-state index contributed by atoms with van der Waals surface area (Å²) in [5.74, 6) is 0.897. The fourth-order valence-corrected chi connectivity index (χ4v) is 5.31. The third-order valence-electron chi connectivity index (χ3n) is 7.60. The molecule has 1 fully saturated rings. The van der Waals surface area contributed by atoms with Gasteiger partial charge in [0.25, 0.3) is 0 Å². The van der Waals surface area contributed by atoms with Crippen molar-refractivity contribution >= 4 is 0 Å².